The molecule has 0 saturated carbocycles. The average Bonchev–Trinajstić information content (AvgIpc) is 2.71. The number of halogens is 1. The van der Waals surface area contributed by atoms with Gasteiger partial charge in [0.05, 0.1) is 13.2 Å². The maximum atomic E-state index is 10.1. The molecule has 0 radical (unpaired) electrons. The van der Waals surface area contributed by atoms with Crippen molar-refractivity contribution >= 4 is 26.9 Å². The van der Waals surface area contributed by atoms with Crippen molar-refractivity contribution in [1.82, 2.24) is 0 Å². The molecular formula is C13H13BrO3. The highest BCUT2D eigenvalue weighted by Gasteiger charge is 2.27. The monoisotopic (exact) mass is 296 g/mol. The summed E-state index contributed by atoms with van der Waals surface area (Å²) in [6.07, 6.45) is 2.22. The van der Waals surface area contributed by atoms with Crippen molar-refractivity contribution < 1.29 is 14.3 Å². The Bertz CT molecular complexity index is 574. The van der Waals surface area contributed by atoms with Gasteiger partial charge >= 0.3 is 0 Å². The first kappa shape index (κ1) is 11.1. The molecule has 0 fully saturated rings. The zero-order valence-electron chi connectivity index (χ0n) is 9.50. The second-order valence-electron chi connectivity index (χ2n) is 4.30. The standard InChI is InChI=1S/C13H13BrO3/c1-16-10-6-5-7(14)11-12-8(15)3-2-4-9(12)17-13(10)11/h5-6,8,15H,2-4H2,1H3. The van der Waals surface area contributed by atoms with Gasteiger partial charge in [0.1, 0.15) is 5.76 Å². The SMILES string of the molecule is COc1ccc(Br)c2c3c(oc12)CCCC3O. The van der Waals surface area contributed by atoms with Crippen LogP contribution >= 0.6 is 15.9 Å². The second kappa shape index (κ2) is 4.03. The van der Waals surface area contributed by atoms with E-state index in [-0.39, 0.29) is 0 Å². The minimum Gasteiger partial charge on any atom is -0.493 e. The highest BCUT2D eigenvalue weighted by Crippen LogP contribution is 2.43. The van der Waals surface area contributed by atoms with Gasteiger partial charge in [-0.1, -0.05) is 15.9 Å². The largest absolute Gasteiger partial charge is 0.493 e. The topological polar surface area (TPSA) is 42.6 Å². The van der Waals surface area contributed by atoms with Gasteiger partial charge in [0.25, 0.3) is 0 Å². The normalized spacial score (nSPS) is 19.4. The van der Waals surface area contributed by atoms with Gasteiger partial charge in [0.15, 0.2) is 11.3 Å². The lowest BCUT2D eigenvalue weighted by molar-refractivity contribution is 0.154. The third-order valence-corrected chi connectivity index (χ3v) is 3.96. The van der Waals surface area contributed by atoms with E-state index in [1.54, 1.807) is 7.11 Å². The number of rotatable bonds is 1. The minimum absolute atomic E-state index is 0.427. The fourth-order valence-electron chi connectivity index (χ4n) is 2.51. The zero-order valence-corrected chi connectivity index (χ0v) is 11.1. The molecule has 1 unspecified atom stereocenters. The van der Waals surface area contributed by atoms with Gasteiger partial charge in [-0.05, 0) is 25.0 Å². The third kappa shape index (κ3) is 1.58. The van der Waals surface area contributed by atoms with E-state index in [0.717, 1.165) is 46.0 Å². The molecule has 17 heavy (non-hydrogen) atoms. The summed E-state index contributed by atoms with van der Waals surface area (Å²) in [5, 5.41) is 11.1. The molecule has 0 spiro atoms. The highest BCUT2D eigenvalue weighted by atomic mass is 79.9. The van der Waals surface area contributed by atoms with Crippen LogP contribution in [0.2, 0.25) is 0 Å². The predicted molar refractivity (Wildman–Crippen MR) is 68.4 cm³/mol. The lowest BCUT2D eigenvalue weighted by Crippen LogP contribution is -2.06. The Morgan fingerprint density at radius 1 is 1.47 bits per heavy atom. The van der Waals surface area contributed by atoms with Crippen molar-refractivity contribution in [3.05, 3.63) is 27.9 Å². The number of aryl methyl sites for hydroxylation is 1. The van der Waals surface area contributed by atoms with Gasteiger partial charge in [0.2, 0.25) is 0 Å². The smallest absolute Gasteiger partial charge is 0.177 e. The maximum Gasteiger partial charge on any atom is 0.177 e. The molecule has 0 aliphatic heterocycles. The van der Waals surface area contributed by atoms with Crippen molar-refractivity contribution in [2.45, 2.75) is 25.4 Å². The van der Waals surface area contributed by atoms with Crippen LogP contribution in [-0.4, -0.2) is 12.2 Å². The van der Waals surface area contributed by atoms with Crippen LogP contribution in [0.1, 0.15) is 30.3 Å². The van der Waals surface area contributed by atoms with E-state index >= 15 is 0 Å². The van der Waals surface area contributed by atoms with Crippen molar-refractivity contribution in [3.8, 4) is 5.75 Å². The van der Waals surface area contributed by atoms with E-state index in [2.05, 4.69) is 15.9 Å². The summed E-state index contributed by atoms with van der Waals surface area (Å²) in [6, 6.07) is 3.80. The lowest BCUT2D eigenvalue weighted by atomic mass is 9.93. The third-order valence-electron chi connectivity index (χ3n) is 3.30. The van der Waals surface area contributed by atoms with E-state index in [4.69, 9.17) is 9.15 Å². The Morgan fingerprint density at radius 2 is 2.29 bits per heavy atom. The predicted octanol–water partition coefficient (Wildman–Crippen LogP) is 3.57. The van der Waals surface area contributed by atoms with Crippen LogP contribution in [-0.2, 0) is 6.42 Å². The van der Waals surface area contributed by atoms with Crippen molar-refractivity contribution in [1.29, 1.82) is 0 Å². The summed E-state index contributed by atoms with van der Waals surface area (Å²) in [6.45, 7) is 0. The van der Waals surface area contributed by atoms with Gasteiger partial charge in [0, 0.05) is 21.8 Å². The summed E-state index contributed by atoms with van der Waals surface area (Å²) >= 11 is 3.52. The fourth-order valence-corrected chi connectivity index (χ4v) is 3.03. The number of furan rings is 1. The number of hydrogen-bond acceptors (Lipinski definition) is 3. The molecule has 1 aliphatic rings. The molecule has 90 valence electrons. The number of fused-ring (bicyclic) bond motifs is 3. The van der Waals surface area contributed by atoms with Gasteiger partial charge in [-0.2, -0.15) is 0 Å². The first-order valence-corrected chi connectivity index (χ1v) is 6.47. The van der Waals surface area contributed by atoms with Gasteiger partial charge in [-0.15, -0.1) is 0 Å². The first-order chi connectivity index (χ1) is 8.22. The summed E-state index contributed by atoms with van der Waals surface area (Å²) in [5.41, 5.74) is 1.66. The Labute approximate surface area is 108 Å². The Hall–Kier alpha value is -1.00. The first-order valence-electron chi connectivity index (χ1n) is 5.68. The Morgan fingerprint density at radius 3 is 3.06 bits per heavy atom. The van der Waals surface area contributed by atoms with E-state index in [1.807, 2.05) is 12.1 Å². The van der Waals surface area contributed by atoms with Crippen molar-refractivity contribution in [2.75, 3.05) is 7.11 Å². The van der Waals surface area contributed by atoms with E-state index in [9.17, 15) is 5.11 Å². The Balaban J connectivity index is 2.38. The average molecular weight is 297 g/mol. The lowest BCUT2D eigenvalue weighted by Gasteiger charge is -2.16. The highest BCUT2D eigenvalue weighted by molar-refractivity contribution is 9.10. The van der Waals surface area contributed by atoms with Crippen molar-refractivity contribution in [3.63, 3.8) is 0 Å². The second-order valence-corrected chi connectivity index (χ2v) is 5.16. The van der Waals surface area contributed by atoms with E-state index < -0.39 is 6.10 Å². The summed E-state index contributed by atoms with van der Waals surface area (Å²) < 4.78 is 12.1. The molecule has 1 aromatic heterocycles. The zero-order chi connectivity index (χ0) is 12.0. The van der Waals surface area contributed by atoms with Crippen LogP contribution in [0.4, 0.5) is 0 Å². The number of aliphatic hydroxyl groups excluding tert-OH is 1. The quantitative estimate of drug-likeness (QED) is 0.875. The molecule has 1 atom stereocenters. The molecule has 3 nitrogen and oxygen atoms in total. The number of benzene rings is 1. The molecule has 1 aliphatic carbocycles. The van der Waals surface area contributed by atoms with Crippen LogP contribution in [0.3, 0.4) is 0 Å². The number of methoxy groups -OCH3 is 1. The fraction of sp³-hybridized carbons (Fsp3) is 0.385. The van der Waals surface area contributed by atoms with Gasteiger partial charge in [-0.3, -0.25) is 0 Å². The van der Waals surface area contributed by atoms with Gasteiger partial charge < -0.3 is 14.3 Å². The van der Waals surface area contributed by atoms with Crippen LogP contribution in [0, 0.1) is 0 Å². The molecule has 3 rings (SSSR count). The van der Waals surface area contributed by atoms with E-state index in [1.165, 1.54) is 0 Å². The molecule has 0 amide bonds. The summed E-state index contributed by atoms with van der Waals surface area (Å²) in [5.74, 6) is 1.61. The summed E-state index contributed by atoms with van der Waals surface area (Å²) in [4.78, 5) is 0. The molecule has 2 aromatic rings. The van der Waals surface area contributed by atoms with Crippen molar-refractivity contribution in [2.24, 2.45) is 0 Å². The Kier molecular flexibility index (Phi) is 2.64. The van der Waals surface area contributed by atoms with Gasteiger partial charge in [-0.25, -0.2) is 0 Å². The number of aliphatic hydroxyl groups is 1. The van der Waals surface area contributed by atoms with Crippen LogP contribution in [0.5, 0.6) is 5.75 Å². The molecule has 4 heteroatoms. The summed E-state index contributed by atoms with van der Waals surface area (Å²) in [7, 11) is 1.63. The van der Waals surface area contributed by atoms with Crippen LogP contribution < -0.4 is 4.74 Å². The molecule has 0 bridgehead atoms. The number of hydrogen-bond donors (Lipinski definition) is 1. The maximum absolute atomic E-state index is 10.1. The minimum atomic E-state index is -0.427. The molecule has 1 N–H and O–H groups in total. The molecule has 1 heterocycles. The molecule has 0 saturated heterocycles. The number of ether oxygens (including phenoxy) is 1. The molecular weight excluding hydrogens is 284 g/mol. The van der Waals surface area contributed by atoms with Crippen LogP contribution in [0.25, 0.3) is 11.0 Å². The van der Waals surface area contributed by atoms with Crippen LogP contribution in [0.15, 0.2) is 21.0 Å². The van der Waals surface area contributed by atoms with E-state index in [0.29, 0.717) is 5.75 Å². The molecule has 1 aromatic carbocycles.